The van der Waals surface area contributed by atoms with Crippen molar-refractivity contribution in [3.05, 3.63) is 23.3 Å². The maximum Gasteiger partial charge on any atom is 0.418 e. The lowest BCUT2D eigenvalue weighted by molar-refractivity contribution is -0.138. The molecule has 5 heteroatoms. The molecule has 0 radical (unpaired) electrons. The van der Waals surface area contributed by atoms with Crippen LogP contribution in [0.2, 0.25) is 0 Å². The van der Waals surface area contributed by atoms with Crippen molar-refractivity contribution in [3.8, 4) is 5.88 Å². The Morgan fingerprint density at radius 1 is 1.50 bits per heavy atom. The number of aromatic hydroxyl groups is 1. The topological polar surface area (TPSA) is 33.1 Å². The number of pyridine rings is 1. The zero-order valence-electron chi connectivity index (χ0n) is 8.03. The quantitative estimate of drug-likeness (QED) is 0.661. The Morgan fingerprint density at radius 3 is 2.58 bits per heavy atom. The lowest BCUT2D eigenvalue weighted by atomic mass is 10.2. The van der Waals surface area contributed by atoms with Crippen LogP contribution in [0.15, 0.2) is 12.1 Å². The second-order valence-corrected chi connectivity index (χ2v) is 2.14. The molecule has 0 aliphatic heterocycles. The first-order valence-corrected chi connectivity index (χ1v) is 2.99. The highest BCUT2D eigenvalue weighted by Gasteiger charge is 2.32. The van der Waals surface area contributed by atoms with Gasteiger partial charge in [0, 0.05) is 6.04 Å². The van der Waals surface area contributed by atoms with Gasteiger partial charge in [0.2, 0.25) is 5.88 Å². The fourth-order valence-corrected chi connectivity index (χ4v) is 0.728. The van der Waals surface area contributed by atoms with Gasteiger partial charge < -0.3 is 5.11 Å². The molecule has 1 aromatic rings. The monoisotopic (exact) mass is 179 g/mol. The molecule has 0 saturated heterocycles. The summed E-state index contributed by atoms with van der Waals surface area (Å²) < 4.78 is 50.9. The highest BCUT2D eigenvalue weighted by molar-refractivity contribution is 5.26. The first-order chi connectivity index (χ1) is 6.25. The molecule has 1 N–H and O–H groups in total. The van der Waals surface area contributed by atoms with Gasteiger partial charge in [-0.15, -0.1) is 0 Å². The van der Waals surface area contributed by atoms with Crippen molar-refractivity contribution in [1.29, 1.82) is 0 Å². The summed E-state index contributed by atoms with van der Waals surface area (Å²) in [7, 11) is 0. The van der Waals surface area contributed by atoms with Gasteiger partial charge >= 0.3 is 6.18 Å². The van der Waals surface area contributed by atoms with E-state index in [2.05, 4.69) is 4.98 Å². The molecule has 1 rings (SSSR count). The smallest absolute Gasteiger partial charge is 0.418 e. The Kier molecular flexibility index (Phi) is 1.39. The molecule has 66 valence electrons. The lowest BCUT2D eigenvalue weighted by Gasteiger charge is -2.08. The van der Waals surface area contributed by atoms with E-state index in [1.165, 1.54) is 0 Å². The van der Waals surface area contributed by atoms with E-state index in [0.717, 1.165) is 6.92 Å². The molecule has 2 nitrogen and oxygen atoms in total. The summed E-state index contributed by atoms with van der Waals surface area (Å²) in [5.74, 6) is -0.861. The van der Waals surface area contributed by atoms with E-state index < -0.39 is 35.4 Å². The van der Waals surface area contributed by atoms with Crippen molar-refractivity contribution >= 4 is 0 Å². The highest BCUT2D eigenvalue weighted by Crippen LogP contribution is 2.31. The number of rotatable bonds is 0. The molecule has 0 bridgehead atoms. The summed E-state index contributed by atoms with van der Waals surface area (Å²) >= 11 is 0. The van der Waals surface area contributed by atoms with Crippen LogP contribution in [-0.2, 0) is 6.18 Å². The van der Waals surface area contributed by atoms with Crippen LogP contribution < -0.4 is 0 Å². The second-order valence-electron chi connectivity index (χ2n) is 2.14. The summed E-state index contributed by atoms with van der Waals surface area (Å²) in [4.78, 5) is 3.13. The maximum atomic E-state index is 12.3. The largest absolute Gasteiger partial charge is 0.493 e. The molecule has 1 heterocycles. The average Bonchev–Trinajstić information content (AvgIpc) is 1.97. The maximum absolute atomic E-state index is 12.3. The molecular formula is C7H6F3NO. The third kappa shape index (κ3) is 1.66. The Labute approximate surface area is 69.5 Å². The Balaban J connectivity index is 3.53. The molecule has 0 aliphatic rings. The SMILES string of the molecule is [2H]c1c(O)nc(C)c(C(F)(F)F)c1[2H]. The van der Waals surface area contributed by atoms with Crippen molar-refractivity contribution in [1.82, 2.24) is 4.98 Å². The summed E-state index contributed by atoms with van der Waals surface area (Å²) in [6, 6.07) is -1.97. The van der Waals surface area contributed by atoms with E-state index >= 15 is 0 Å². The minimum atomic E-state index is -4.72. The van der Waals surface area contributed by atoms with E-state index in [0.29, 0.717) is 0 Å². The highest BCUT2D eigenvalue weighted by atomic mass is 19.4. The molecule has 0 amide bonds. The number of alkyl halides is 3. The summed E-state index contributed by atoms with van der Waals surface area (Å²) in [5.41, 5.74) is -1.78. The van der Waals surface area contributed by atoms with Crippen molar-refractivity contribution in [2.75, 3.05) is 0 Å². The van der Waals surface area contributed by atoms with Crippen LogP contribution in [0.3, 0.4) is 0 Å². The molecule has 0 unspecified atom stereocenters. The Bertz CT molecular complexity index is 378. The fraction of sp³-hybridized carbons (Fsp3) is 0.286. The van der Waals surface area contributed by atoms with E-state index in [1.807, 2.05) is 0 Å². The zero-order chi connectivity index (χ0) is 11.1. The second kappa shape index (κ2) is 2.66. The minimum absolute atomic E-state index is 0.504. The van der Waals surface area contributed by atoms with Crippen molar-refractivity contribution in [3.63, 3.8) is 0 Å². The zero-order valence-corrected chi connectivity index (χ0v) is 6.03. The molecule has 12 heavy (non-hydrogen) atoms. The number of nitrogens with zero attached hydrogens (tertiary/aromatic N) is 1. The van der Waals surface area contributed by atoms with Crippen LogP contribution in [0.1, 0.15) is 14.0 Å². The van der Waals surface area contributed by atoms with Crippen LogP contribution in [0.25, 0.3) is 0 Å². The number of hydrogen-bond acceptors (Lipinski definition) is 2. The van der Waals surface area contributed by atoms with Crippen molar-refractivity contribution in [2.45, 2.75) is 13.1 Å². The van der Waals surface area contributed by atoms with Gasteiger partial charge in [-0.2, -0.15) is 13.2 Å². The molecule has 0 fully saturated rings. The number of aromatic nitrogens is 1. The number of halogens is 3. The van der Waals surface area contributed by atoms with Gasteiger partial charge in [0.25, 0.3) is 0 Å². The van der Waals surface area contributed by atoms with E-state index in [-0.39, 0.29) is 0 Å². The van der Waals surface area contributed by atoms with Gasteiger partial charge in [-0.05, 0) is 13.0 Å². The van der Waals surface area contributed by atoms with Crippen molar-refractivity contribution in [2.24, 2.45) is 0 Å². The lowest BCUT2D eigenvalue weighted by Crippen LogP contribution is -2.08. The molecule has 0 atom stereocenters. The molecular weight excluding hydrogens is 171 g/mol. The third-order valence-corrected chi connectivity index (χ3v) is 1.22. The number of aryl methyl sites for hydroxylation is 1. The molecule has 0 aliphatic carbocycles. The van der Waals surface area contributed by atoms with Crippen LogP contribution in [-0.4, -0.2) is 10.1 Å². The van der Waals surface area contributed by atoms with Gasteiger partial charge in [0.05, 0.1) is 14.0 Å². The Morgan fingerprint density at radius 2 is 2.08 bits per heavy atom. The van der Waals surface area contributed by atoms with Crippen LogP contribution in [0, 0.1) is 6.92 Å². The minimum Gasteiger partial charge on any atom is -0.493 e. The van der Waals surface area contributed by atoms with Crippen LogP contribution in [0.4, 0.5) is 13.2 Å². The van der Waals surface area contributed by atoms with E-state index in [1.54, 1.807) is 0 Å². The summed E-state index contributed by atoms with van der Waals surface area (Å²) in [6.07, 6.45) is -4.72. The normalized spacial score (nSPS) is 14.0. The molecule has 1 aromatic heterocycles. The van der Waals surface area contributed by atoms with Gasteiger partial charge in [-0.3, -0.25) is 0 Å². The Hall–Kier alpha value is -1.26. The van der Waals surface area contributed by atoms with Gasteiger partial charge in [0.15, 0.2) is 0 Å². The van der Waals surface area contributed by atoms with E-state index in [9.17, 15) is 13.2 Å². The van der Waals surface area contributed by atoms with Gasteiger partial charge in [-0.1, -0.05) is 0 Å². The molecule has 0 saturated carbocycles. The summed E-state index contributed by atoms with van der Waals surface area (Å²) in [6.45, 7) is 1.03. The average molecular weight is 179 g/mol. The molecule has 0 aromatic carbocycles. The van der Waals surface area contributed by atoms with Gasteiger partial charge in [0.1, 0.15) is 0 Å². The first-order valence-electron chi connectivity index (χ1n) is 3.99. The fourth-order valence-electron chi connectivity index (χ4n) is 0.728. The third-order valence-electron chi connectivity index (χ3n) is 1.22. The first kappa shape index (κ1) is 6.28. The molecule has 0 spiro atoms. The predicted octanol–water partition coefficient (Wildman–Crippen LogP) is 2.11. The van der Waals surface area contributed by atoms with Crippen LogP contribution >= 0.6 is 0 Å². The summed E-state index contributed by atoms with van der Waals surface area (Å²) in [5, 5.41) is 8.89. The van der Waals surface area contributed by atoms with Gasteiger partial charge in [-0.25, -0.2) is 4.98 Å². The van der Waals surface area contributed by atoms with Crippen LogP contribution in [0.5, 0.6) is 5.88 Å². The van der Waals surface area contributed by atoms with Crippen molar-refractivity contribution < 1.29 is 21.0 Å². The van der Waals surface area contributed by atoms with E-state index in [4.69, 9.17) is 7.85 Å². The standard InChI is InChI=1S/C7H6F3NO/c1-4-5(7(8,9)10)2-3-6(12)11-4/h2-3H,1H3,(H,11,12)/i2D,3D. The predicted molar refractivity (Wildman–Crippen MR) is 35.6 cm³/mol. The number of hydrogen-bond donors (Lipinski definition) is 1.